The number of hydrogen-bond donors (Lipinski definition) is 0. The summed E-state index contributed by atoms with van der Waals surface area (Å²) in [5.74, 6) is -0.154. The number of benzene rings is 1. The monoisotopic (exact) mass is 243 g/mol. The molecule has 2 rings (SSSR count). The summed E-state index contributed by atoms with van der Waals surface area (Å²) in [5, 5.41) is 0. The number of nitrogens with zero attached hydrogens (tertiary/aromatic N) is 1. The molecule has 0 spiro atoms. The third-order valence-corrected chi connectivity index (χ3v) is 3.12. The molecule has 0 saturated carbocycles. The lowest BCUT2D eigenvalue weighted by molar-refractivity contribution is 0.172. The minimum Gasteiger partial charge on any atom is -0.299 e. The molecule has 0 aliphatic carbocycles. The number of likely N-dealkylation sites (tertiary alicyclic amines) is 1. The van der Waals surface area contributed by atoms with Gasteiger partial charge in [-0.25, -0.2) is 4.39 Å². The Balaban J connectivity index is 2.13. The molecule has 1 nitrogen and oxygen atoms in total. The molecule has 70 valence electrons. The van der Waals surface area contributed by atoms with E-state index in [1.165, 1.54) is 12.5 Å². The average molecular weight is 244 g/mol. The predicted molar refractivity (Wildman–Crippen MR) is 54.0 cm³/mol. The molecule has 0 radical (unpaired) electrons. The highest BCUT2D eigenvalue weighted by atomic mass is 79.9. The predicted octanol–water partition coefficient (Wildman–Crippen LogP) is 2.79. The van der Waals surface area contributed by atoms with Gasteiger partial charge in [-0.1, -0.05) is 15.9 Å². The van der Waals surface area contributed by atoms with Crippen molar-refractivity contribution in [2.75, 3.05) is 13.1 Å². The molecule has 13 heavy (non-hydrogen) atoms. The van der Waals surface area contributed by atoms with Crippen molar-refractivity contribution in [3.05, 3.63) is 34.1 Å². The quantitative estimate of drug-likeness (QED) is 0.773. The van der Waals surface area contributed by atoms with Crippen LogP contribution in [0.25, 0.3) is 0 Å². The molecule has 0 amide bonds. The van der Waals surface area contributed by atoms with Gasteiger partial charge in [0.2, 0.25) is 0 Å². The second kappa shape index (κ2) is 3.76. The minimum atomic E-state index is -0.154. The van der Waals surface area contributed by atoms with Crippen LogP contribution in [0, 0.1) is 5.82 Å². The van der Waals surface area contributed by atoms with Crippen LogP contribution < -0.4 is 0 Å². The van der Waals surface area contributed by atoms with Crippen molar-refractivity contribution in [3.63, 3.8) is 0 Å². The first-order chi connectivity index (χ1) is 6.25. The SMILES string of the molecule is Fc1ccc(Br)c(CN2CCC2)c1. The molecule has 1 aliphatic heterocycles. The van der Waals surface area contributed by atoms with Gasteiger partial charge < -0.3 is 0 Å². The Labute approximate surface area is 85.7 Å². The van der Waals surface area contributed by atoms with Crippen LogP contribution in [-0.2, 0) is 6.54 Å². The van der Waals surface area contributed by atoms with E-state index in [0.29, 0.717) is 0 Å². The van der Waals surface area contributed by atoms with Crippen molar-refractivity contribution in [1.82, 2.24) is 4.90 Å². The fourth-order valence-electron chi connectivity index (χ4n) is 1.45. The lowest BCUT2D eigenvalue weighted by atomic mass is 10.1. The second-order valence-corrected chi connectivity index (χ2v) is 4.22. The van der Waals surface area contributed by atoms with E-state index < -0.39 is 0 Å². The molecular weight excluding hydrogens is 233 g/mol. The van der Waals surface area contributed by atoms with Crippen molar-refractivity contribution in [2.45, 2.75) is 13.0 Å². The maximum Gasteiger partial charge on any atom is 0.123 e. The lowest BCUT2D eigenvalue weighted by Crippen LogP contribution is -2.36. The molecule has 0 unspecified atom stereocenters. The van der Waals surface area contributed by atoms with E-state index in [-0.39, 0.29) is 5.82 Å². The van der Waals surface area contributed by atoms with Crippen molar-refractivity contribution in [3.8, 4) is 0 Å². The maximum absolute atomic E-state index is 12.9. The maximum atomic E-state index is 12.9. The first-order valence-electron chi connectivity index (χ1n) is 4.42. The molecule has 1 aromatic rings. The van der Waals surface area contributed by atoms with Crippen LogP contribution in [0.5, 0.6) is 0 Å². The van der Waals surface area contributed by atoms with Gasteiger partial charge in [0.05, 0.1) is 0 Å². The summed E-state index contributed by atoms with van der Waals surface area (Å²) in [6.45, 7) is 3.14. The zero-order chi connectivity index (χ0) is 9.26. The van der Waals surface area contributed by atoms with Crippen LogP contribution in [0.15, 0.2) is 22.7 Å². The summed E-state index contributed by atoms with van der Waals surface area (Å²) in [5.41, 5.74) is 1.04. The molecule has 0 bridgehead atoms. The molecule has 0 N–H and O–H groups in total. The Hall–Kier alpha value is -0.410. The Kier molecular flexibility index (Phi) is 2.65. The van der Waals surface area contributed by atoms with E-state index in [1.807, 2.05) is 0 Å². The van der Waals surface area contributed by atoms with Gasteiger partial charge >= 0.3 is 0 Å². The van der Waals surface area contributed by atoms with E-state index in [0.717, 1.165) is 29.7 Å². The van der Waals surface area contributed by atoms with Crippen LogP contribution >= 0.6 is 15.9 Å². The Morgan fingerprint density at radius 1 is 1.38 bits per heavy atom. The summed E-state index contributed by atoms with van der Waals surface area (Å²) in [6.07, 6.45) is 1.27. The van der Waals surface area contributed by atoms with E-state index in [4.69, 9.17) is 0 Å². The molecule has 3 heteroatoms. The van der Waals surface area contributed by atoms with Crippen molar-refractivity contribution in [1.29, 1.82) is 0 Å². The highest BCUT2D eigenvalue weighted by Gasteiger charge is 2.15. The molecule has 0 aromatic heterocycles. The first-order valence-corrected chi connectivity index (χ1v) is 5.21. The summed E-state index contributed by atoms with van der Waals surface area (Å²) in [6, 6.07) is 4.84. The fourth-order valence-corrected chi connectivity index (χ4v) is 1.82. The standard InChI is InChI=1S/C10H11BrFN/c11-10-3-2-9(12)6-8(10)7-13-4-1-5-13/h2-3,6H,1,4-5,7H2. The summed E-state index contributed by atoms with van der Waals surface area (Å²) in [4.78, 5) is 2.31. The van der Waals surface area contributed by atoms with Crippen LogP contribution in [0.4, 0.5) is 4.39 Å². The smallest absolute Gasteiger partial charge is 0.123 e. The molecule has 1 aliphatic rings. The van der Waals surface area contributed by atoms with Gasteiger partial charge in [-0.2, -0.15) is 0 Å². The topological polar surface area (TPSA) is 3.24 Å². The zero-order valence-corrected chi connectivity index (χ0v) is 8.85. The first kappa shape index (κ1) is 9.16. The van der Waals surface area contributed by atoms with Crippen molar-refractivity contribution in [2.24, 2.45) is 0 Å². The van der Waals surface area contributed by atoms with Gasteiger partial charge in [0.15, 0.2) is 0 Å². The third kappa shape index (κ3) is 2.09. The Bertz CT molecular complexity index is 310. The van der Waals surface area contributed by atoms with Crippen LogP contribution in [-0.4, -0.2) is 18.0 Å². The summed E-state index contributed by atoms with van der Waals surface area (Å²) in [7, 11) is 0. The Morgan fingerprint density at radius 2 is 2.15 bits per heavy atom. The van der Waals surface area contributed by atoms with E-state index in [1.54, 1.807) is 12.1 Å². The third-order valence-electron chi connectivity index (χ3n) is 2.35. The normalized spacial score (nSPS) is 17.1. The van der Waals surface area contributed by atoms with Gasteiger partial charge in [-0.15, -0.1) is 0 Å². The average Bonchev–Trinajstić information content (AvgIpc) is 2.03. The minimum absolute atomic E-state index is 0.154. The fraction of sp³-hybridized carbons (Fsp3) is 0.400. The molecule has 1 saturated heterocycles. The summed E-state index contributed by atoms with van der Waals surface area (Å²) >= 11 is 3.42. The largest absolute Gasteiger partial charge is 0.299 e. The molecule has 1 fully saturated rings. The molecule has 1 heterocycles. The van der Waals surface area contributed by atoms with Gasteiger partial charge in [0, 0.05) is 11.0 Å². The van der Waals surface area contributed by atoms with Gasteiger partial charge in [0.25, 0.3) is 0 Å². The molecule has 0 atom stereocenters. The second-order valence-electron chi connectivity index (χ2n) is 3.37. The van der Waals surface area contributed by atoms with Crippen LogP contribution in [0.2, 0.25) is 0 Å². The highest BCUT2D eigenvalue weighted by Crippen LogP contribution is 2.21. The Morgan fingerprint density at radius 3 is 2.77 bits per heavy atom. The summed E-state index contributed by atoms with van der Waals surface area (Å²) < 4.78 is 13.9. The molecular formula is C10H11BrFN. The van der Waals surface area contributed by atoms with Gasteiger partial charge in [-0.3, -0.25) is 4.90 Å². The van der Waals surface area contributed by atoms with E-state index >= 15 is 0 Å². The number of hydrogen-bond acceptors (Lipinski definition) is 1. The lowest BCUT2D eigenvalue weighted by Gasteiger charge is -2.30. The van der Waals surface area contributed by atoms with Crippen molar-refractivity contribution < 1.29 is 4.39 Å². The van der Waals surface area contributed by atoms with Gasteiger partial charge in [-0.05, 0) is 43.3 Å². The zero-order valence-electron chi connectivity index (χ0n) is 7.26. The number of halogens is 2. The number of rotatable bonds is 2. The van der Waals surface area contributed by atoms with E-state index in [9.17, 15) is 4.39 Å². The highest BCUT2D eigenvalue weighted by molar-refractivity contribution is 9.10. The van der Waals surface area contributed by atoms with Crippen LogP contribution in [0.3, 0.4) is 0 Å². The van der Waals surface area contributed by atoms with Crippen molar-refractivity contribution >= 4 is 15.9 Å². The molecule has 1 aromatic carbocycles. The van der Waals surface area contributed by atoms with Crippen LogP contribution in [0.1, 0.15) is 12.0 Å². The van der Waals surface area contributed by atoms with Gasteiger partial charge in [0.1, 0.15) is 5.82 Å². The van der Waals surface area contributed by atoms with E-state index in [2.05, 4.69) is 20.8 Å².